The predicted octanol–water partition coefficient (Wildman–Crippen LogP) is 0.957. The number of carbonyl (C=O) groups is 3. The molecule has 2 aliphatic carbocycles. The Hall–Kier alpha value is -3.23. The third-order valence-electron chi connectivity index (χ3n) is 6.14. The summed E-state index contributed by atoms with van der Waals surface area (Å²) >= 11 is 0. The predicted molar refractivity (Wildman–Crippen MR) is 102 cm³/mol. The van der Waals surface area contributed by atoms with E-state index < -0.39 is 52.0 Å². The Labute approximate surface area is 164 Å². The van der Waals surface area contributed by atoms with Gasteiger partial charge in [-0.15, -0.1) is 0 Å². The summed E-state index contributed by atoms with van der Waals surface area (Å²) in [5, 5.41) is 43.0. The number of ketones is 3. The van der Waals surface area contributed by atoms with Crippen molar-refractivity contribution in [2.75, 3.05) is 0 Å². The number of aliphatic hydroxyl groups is 2. The molecule has 8 heteroatoms. The number of Topliss-reactive ketones (excluding diaryl/α,β-unsaturated/α-hetero) is 3. The van der Waals surface area contributed by atoms with Crippen LogP contribution in [-0.2, 0) is 16.0 Å². The second kappa shape index (κ2) is 5.88. The van der Waals surface area contributed by atoms with E-state index in [1.54, 1.807) is 19.1 Å². The minimum atomic E-state index is -2.71. The second-order valence-electron chi connectivity index (χ2n) is 7.60. The van der Waals surface area contributed by atoms with Gasteiger partial charge in [-0.3, -0.25) is 14.4 Å². The molecule has 0 saturated carbocycles. The minimum absolute atomic E-state index is 0.0249. The number of aliphatic hydroxyl groups excluding tert-OH is 1. The zero-order chi connectivity index (χ0) is 21.4. The molecule has 0 bridgehead atoms. The second-order valence-corrected chi connectivity index (χ2v) is 7.60. The zero-order valence-electron chi connectivity index (χ0n) is 15.7. The Bertz CT molecular complexity index is 1180. The van der Waals surface area contributed by atoms with E-state index in [1.165, 1.54) is 6.07 Å². The summed E-state index contributed by atoms with van der Waals surface area (Å²) in [6.45, 7) is 2.71. The molecule has 29 heavy (non-hydrogen) atoms. The van der Waals surface area contributed by atoms with Gasteiger partial charge in [-0.1, -0.05) is 12.1 Å². The number of fused-ring (bicyclic) bond motifs is 3. The first kappa shape index (κ1) is 19.1. The van der Waals surface area contributed by atoms with E-state index in [0.29, 0.717) is 16.5 Å². The van der Waals surface area contributed by atoms with Crippen LogP contribution in [0.25, 0.3) is 10.8 Å². The number of benzene rings is 2. The number of phenolic OH excluding ortho intramolecular Hbond substituents is 2. The van der Waals surface area contributed by atoms with Crippen LogP contribution in [0.5, 0.6) is 11.5 Å². The Balaban J connectivity index is 2.07. The van der Waals surface area contributed by atoms with Crippen molar-refractivity contribution < 1.29 is 34.8 Å². The molecule has 0 radical (unpaired) electrons. The van der Waals surface area contributed by atoms with E-state index in [4.69, 9.17) is 5.73 Å². The quantitative estimate of drug-likeness (QED) is 0.351. The molecule has 2 aliphatic rings. The highest BCUT2D eigenvalue weighted by Crippen LogP contribution is 2.49. The molecule has 0 fully saturated rings. The number of carbonyl (C=O) groups excluding carboxylic acids is 3. The monoisotopic (exact) mass is 397 g/mol. The van der Waals surface area contributed by atoms with Gasteiger partial charge < -0.3 is 26.2 Å². The molecule has 0 saturated heterocycles. The van der Waals surface area contributed by atoms with Crippen molar-refractivity contribution in [3.8, 4) is 11.5 Å². The smallest absolute Gasteiger partial charge is 0.209 e. The summed E-state index contributed by atoms with van der Waals surface area (Å²) in [4.78, 5) is 38.2. The van der Waals surface area contributed by atoms with Crippen LogP contribution in [0.2, 0.25) is 0 Å². The third kappa shape index (κ3) is 2.18. The van der Waals surface area contributed by atoms with Crippen LogP contribution in [0.4, 0.5) is 0 Å². The van der Waals surface area contributed by atoms with Gasteiger partial charge in [0.2, 0.25) is 11.6 Å². The lowest BCUT2D eigenvalue weighted by atomic mass is 9.61. The number of aromatic hydroxyl groups is 2. The Kier molecular flexibility index (Phi) is 3.88. The zero-order valence-corrected chi connectivity index (χ0v) is 15.7. The number of hydrogen-bond donors (Lipinski definition) is 5. The Morgan fingerprint density at radius 3 is 2.45 bits per heavy atom. The molecular weight excluding hydrogens is 378 g/mol. The highest BCUT2D eigenvalue weighted by Gasteiger charge is 2.61. The number of rotatable bonds is 1. The van der Waals surface area contributed by atoms with Gasteiger partial charge in [0.1, 0.15) is 22.8 Å². The molecule has 0 amide bonds. The summed E-state index contributed by atoms with van der Waals surface area (Å²) in [6, 6.07) is 3.26. The van der Waals surface area contributed by atoms with Crippen molar-refractivity contribution in [3.63, 3.8) is 0 Å². The highest BCUT2D eigenvalue weighted by molar-refractivity contribution is 6.33. The maximum atomic E-state index is 13.3. The van der Waals surface area contributed by atoms with Crippen molar-refractivity contribution in [2.24, 2.45) is 11.7 Å². The Morgan fingerprint density at radius 2 is 1.83 bits per heavy atom. The fraction of sp³-hybridized carbons (Fsp3) is 0.286. The van der Waals surface area contributed by atoms with Crippen LogP contribution in [0.3, 0.4) is 0 Å². The standard InChI is InChI=1S/C21H19NO7/c1-7-9-4-3-5-12(24)14(9)17(25)15-10(7)6-11-16(22)18(26)13(8(2)23)19(27)21(11,29)20(15)28/h3-5,11,16,24-26,29H,6,22H2,1-2H3/t11?,16-,21-/m1/s1. The maximum absolute atomic E-state index is 13.3. The van der Waals surface area contributed by atoms with Crippen molar-refractivity contribution >= 4 is 28.1 Å². The van der Waals surface area contributed by atoms with Crippen LogP contribution in [0.15, 0.2) is 29.5 Å². The van der Waals surface area contributed by atoms with E-state index in [2.05, 4.69) is 0 Å². The Morgan fingerprint density at radius 1 is 1.17 bits per heavy atom. The first-order valence-electron chi connectivity index (χ1n) is 9.01. The summed E-state index contributed by atoms with van der Waals surface area (Å²) in [5.41, 5.74) is 3.25. The largest absolute Gasteiger partial charge is 0.510 e. The average Bonchev–Trinajstić information content (AvgIpc) is 2.66. The molecule has 0 heterocycles. The van der Waals surface area contributed by atoms with Gasteiger partial charge in [0, 0.05) is 5.92 Å². The van der Waals surface area contributed by atoms with Crippen LogP contribution < -0.4 is 5.73 Å². The van der Waals surface area contributed by atoms with Crippen LogP contribution in [0.1, 0.15) is 28.4 Å². The number of nitrogens with two attached hydrogens (primary N) is 1. The molecule has 2 aromatic rings. The number of aryl methyl sites for hydroxylation is 1. The molecule has 0 aromatic heterocycles. The molecule has 2 aromatic carbocycles. The van der Waals surface area contributed by atoms with Crippen LogP contribution >= 0.6 is 0 Å². The lowest BCUT2D eigenvalue weighted by Gasteiger charge is -2.44. The van der Waals surface area contributed by atoms with Crippen molar-refractivity contribution in [1.82, 2.24) is 0 Å². The molecule has 0 aliphatic heterocycles. The summed E-state index contributed by atoms with van der Waals surface area (Å²) in [6.07, 6.45) is -0.0925. The fourth-order valence-corrected chi connectivity index (χ4v) is 4.61. The first-order valence-corrected chi connectivity index (χ1v) is 9.01. The van der Waals surface area contributed by atoms with Gasteiger partial charge in [-0.25, -0.2) is 0 Å². The van der Waals surface area contributed by atoms with E-state index >= 15 is 0 Å². The molecule has 0 spiro atoms. The molecule has 8 nitrogen and oxygen atoms in total. The summed E-state index contributed by atoms with van der Waals surface area (Å²) in [7, 11) is 0. The van der Waals surface area contributed by atoms with Crippen molar-refractivity contribution in [2.45, 2.75) is 31.9 Å². The van der Waals surface area contributed by atoms with Gasteiger partial charge in [-0.2, -0.15) is 0 Å². The molecular formula is C21H19NO7. The summed E-state index contributed by atoms with van der Waals surface area (Å²) in [5.74, 6) is -5.87. The maximum Gasteiger partial charge on any atom is 0.209 e. The van der Waals surface area contributed by atoms with Crippen LogP contribution in [-0.4, -0.2) is 49.4 Å². The van der Waals surface area contributed by atoms with Gasteiger partial charge in [-0.05, 0) is 42.8 Å². The van der Waals surface area contributed by atoms with Gasteiger partial charge in [0.05, 0.1) is 17.0 Å². The lowest BCUT2D eigenvalue weighted by Crippen LogP contribution is -2.65. The average molecular weight is 397 g/mol. The first-order chi connectivity index (χ1) is 13.5. The number of phenols is 2. The van der Waals surface area contributed by atoms with E-state index in [-0.39, 0.29) is 23.1 Å². The normalized spacial score (nSPS) is 26.5. The van der Waals surface area contributed by atoms with E-state index in [0.717, 1.165) is 6.92 Å². The van der Waals surface area contributed by atoms with Crippen molar-refractivity contribution in [3.05, 3.63) is 46.2 Å². The SMILES string of the molecule is CC(=O)C1=C(O)[C@H](N)C2Cc3c(c(O)c4c(O)cccc4c3C)C(=O)[C@]2(O)C1=O. The number of hydrogen-bond acceptors (Lipinski definition) is 8. The van der Waals surface area contributed by atoms with E-state index in [1.807, 2.05) is 0 Å². The van der Waals surface area contributed by atoms with Crippen LogP contribution in [0, 0.1) is 12.8 Å². The topological polar surface area (TPSA) is 158 Å². The van der Waals surface area contributed by atoms with E-state index in [9.17, 15) is 34.8 Å². The molecule has 6 N–H and O–H groups in total. The molecule has 1 unspecified atom stereocenters. The third-order valence-corrected chi connectivity index (χ3v) is 6.14. The lowest BCUT2D eigenvalue weighted by molar-refractivity contribution is -0.138. The van der Waals surface area contributed by atoms with Gasteiger partial charge in [0.25, 0.3) is 0 Å². The van der Waals surface area contributed by atoms with Gasteiger partial charge >= 0.3 is 0 Å². The molecule has 4 rings (SSSR count). The van der Waals surface area contributed by atoms with Crippen molar-refractivity contribution in [1.29, 1.82) is 0 Å². The summed E-state index contributed by atoms with van der Waals surface area (Å²) < 4.78 is 0. The fourth-order valence-electron chi connectivity index (χ4n) is 4.61. The molecule has 3 atom stereocenters. The molecule has 150 valence electrons. The highest BCUT2D eigenvalue weighted by atomic mass is 16.3. The minimum Gasteiger partial charge on any atom is -0.510 e. The van der Waals surface area contributed by atoms with Gasteiger partial charge in [0.15, 0.2) is 11.4 Å².